The summed E-state index contributed by atoms with van der Waals surface area (Å²) in [7, 11) is 0. The van der Waals surface area contributed by atoms with Gasteiger partial charge in [-0.3, -0.25) is 0 Å². The van der Waals surface area contributed by atoms with E-state index in [1.807, 2.05) is 0 Å². The lowest BCUT2D eigenvalue weighted by molar-refractivity contribution is -0.142. The molecule has 0 aromatic carbocycles. The van der Waals surface area contributed by atoms with Crippen LogP contribution in [0.15, 0.2) is 0 Å². The quantitative estimate of drug-likeness (QED) is 0.416. The van der Waals surface area contributed by atoms with Gasteiger partial charge in [0.05, 0.1) is 0 Å². The summed E-state index contributed by atoms with van der Waals surface area (Å²) in [6, 6.07) is 0. The molecule has 6 saturated carbocycles. The maximum atomic E-state index is 2.53. The van der Waals surface area contributed by atoms with Crippen molar-refractivity contribution in [3.05, 3.63) is 0 Å². The summed E-state index contributed by atoms with van der Waals surface area (Å²) in [6.07, 6.45) is 13.5. The number of hydrogen-bond donors (Lipinski definition) is 0. The van der Waals surface area contributed by atoms with Gasteiger partial charge in [-0.05, 0) is 121 Å². The summed E-state index contributed by atoms with van der Waals surface area (Å²) in [5.41, 5.74) is 2.78. The maximum absolute atomic E-state index is 2.53. The number of rotatable bonds is 4. The van der Waals surface area contributed by atoms with Crippen LogP contribution in [0.1, 0.15) is 134 Å². The van der Waals surface area contributed by atoms with Crippen LogP contribution >= 0.6 is 0 Å². The van der Waals surface area contributed by atoms with Crippen LogP contribution in [0.5, 0.6) is 0 Å². The Morgan fingerprint density at radius 3 is 1.00 bits per heavy atom. The molecule has 0 nitrogen and oxygen atoms in total. The maximum Gasteiger partial charge on any atom is -0.0246 e. The van der Waals surface area contributed by atoms with Crippen LogP contribution in [-0.2, 0) is 0 Å². The summed E-state index contributed by atoms with van der Waals surface area (Å²) < 4.78 is 0. The van der Waals surface area contributed by atoms with E-state index >= 15 is 0 Å². The van der Waals surface area contributed by atoms with Crippen LogP contribution in [0.4, 0.5) is 0 Å². The predicted octanol–water partition coefficient (Wildman–Crippen LogP) is 10.0. The average Bonchev–Trinajstić information content (AvgIpc) is 2.70. The normalized spacial score (nSPS) is 46.7. The Bertz CT molecular complexity index is 574. The smallest absolute Gasteiger partial charge is 0.0246 e. The summed E-state index contributed by atoms with van der Waals surface area (Å²) in [5, 5.41) is 0. The van der Waals surface area contributed by atoms with Crippen LogP contribution in [0, 0.1) is 63.1 Å². The fourth-order valence-electron chi connectivity index (χ4n) is 9.98. The highest BCUT2D eigenvalue weighted by Crippen LogP contribution is 2.67. The van der Waals surface area contributed by atoms with E-state index in [4.69, 9.17) is 0 Å². The third-order valence-electron chi connectivity index (χ3n) is 12.9. The first kappa shape index (κ1) is 25.6. The third kappa shape index (κ3) is 3.87. The summed E-state index contributed by atoms with van der Waals surface area (Å²) in [4.78, 5) is 0. The zero-order valence-corrected chi connectivity index (χ0v) is 23.4. The first-order chi connectivity index (χ1) is 14.3. The molecule has 0 saturated heterocycles. The lowest BCUT2D eigenvalue weighted by Gasteiger charge is -2.64. The average molecular weight is 431 g/mol. The highest BCUT2D eigenvalue weighted by molar-refractivity contribution is 5.07. The molecular formula is C31H58. The largest absolute Gasteiger partial charge is 0.0622 e. The van der Waals surface area contributed by atoms with Gasteiger partial charge in [0, 0.05) is 0 Å². The molecule has 0 amide bonds. The van der Waals surface area contributed by atoms with Crippen LogP contribution in [0.2, 0.25) is 0 Å². The molecule has 4 bridgehead atoms. The van der Waals surface area contributed by atoms with Crippen molar-refractivity contribution in [2.75, 3.05) is 0 Å². The Kier molecular flexibility index (Phi) is 7.15. The molecule has 0 aliphatic heterocycles. The fourth-order valence-corrected chi connectivity index (χ4v) is 9.98. The van der Waals surface area contributed by atoms with Crippen molar-refractivity contribution in [3.63, 3.8) is 0 Å². The van der Waals surface area contributed by atoms with E-state index in [0.29, 0.717) is 16.2 Å². The Morgan fingerprint density at radius 1 is 0.419 bits per heavy atom. The van der Waals surface area contributed by atoms with Crippen molar-refractivity contribution in [1.82, 2.24) is 0 Å². The second kappa shape index (κ2) is 8.65. The van der Waals surface area contributed by atoms with Crippen LogP contribution in [0.25, 0.3) is 0 Å². The van der Waals surface area contributed by atoms with Crippen molar-refractivity contribution in [2.45, 2.75) is 134 Å². The minimum Gasteiger partial charge on any atom is -0.0622 e. The molecule has 0 spiro atoms. The van der Waals surface area contributed by atoms with E-state index in [1.165, 1.54) is 57.8 Å². The second-order valence-electron chi connectivity index (χ2n) is 14.5. The van der Waals surface area contributed by atoms with Crippen LogP contribution in [0.3, 0.4) is 0 Å². The molecule has 0 heterocycles. The zero-order chi connectivity index (χ0) is 23.4. The summed E-state index contributed by atoms with van der Waals surface area (Å²) in [6.45, 7) is 27.2. The van der Waals surface area contributed by atoms with Gasteiger partial charge in [-0.2, -0.15) is 0 Å². The van der Waals surface area contributed by atoms with E-state index in [1.54, 1.807) is 0 Å². The number of hydrogen-bond acceptors (Lipinski definition) is 0. The van der Waals surface area contributed by atoms with Gasteiger partial charge in [-0.15, -0.1) is 0 Å². The first-order valence-corrected chi connectivity index (χ1v) is 14.3. The van der Waals surface area contributed by atoms with E-state index < -0.39 is 0 Å². The lowest BCUT2D eigenvalue weighted by atomic mass is 9.41. The van der Waals surface area contributed by atoms with Crippen molar-refractivity contribution >= 4 is 0 Å². The first-order valence-electron chi connectivity index (χ1n) is 14.3. The molecule has 0 radical (unpaired) electrons. The van der Waals surface area contributed by atoms with E-state index in [9.17, 15) is 0 Å². The van der Waals surface area contributed by atoms with Gasteiger partial charge >= 0.3 is 0 Å². The standard InChI is InChI=1S/C16H30.C15H28/c1-11(2)15-7-8-16(12(3)4,10-13(15)5)14(6)9-15;1-11(2)14-6-8-15(9-7-14,12(3)4)13(5)10-14/h11-14H,7-10H2,1-6H3;11-13H,6-10H2,1-5H3. The van der Waals surface area contributed by atoms with Gasteiger partial charge in [0.1, 0.15) is 0 Å². The van der Waals surface area contributed by atoms with Crippen molar-refractivity contribution in [2.24, 2.45) is 63.1 Å². The predicted molar refractivity (Wildman–Crippen MR) is 138 cm³/mol. The fraction of sp³-hybridized carbons (Fsp3) is 1.00. The van der Waals surface area contributed by atoms with Gasteiger partial charge in [-0.1, -0.05) is 76.2 Å². The zero-order valence-electron chi connectivity index (χ0n) is 23.4. The van der Waals surface area contributed by atoms with Gasteiger partial charge < -0.3 is 0 Å². The van der Waals surface area contributed by atoms with Gasteiger partial charge in [0.25, 0.3) is 0 Å². The molecule has 6 fully saturated rings. The van der Waals surface area contributed by atoms with Crippen LogP contribution in [-0.4, -0.2) is 0 Å². The Morgan fingerprint density at radius 2 is 0.742 bits per heavy atom. The van der Waals surface area contributed by atoms with Crippen molar-refractivity contribution in [1.29, 1.82) is 0 Å². The minimum absolute atomic E-state index is 0.677. The van der Waals surface area contributed by atoms with E-state index in [-0.39, 0.29) is 0 Å². The second-order valence-corrected chi connectivity index (χ2v) is 14.5. The molecule has 0 aromatic heterocycles. The molecule has 5 unspecified atom stereocenters. The van der Waals surface area contributed by atoms with Gasteiger partial charge in [0.2, 0.25) is 0 Å². The summed E-state index contributed by atoms with van der Waals surface area (Å²) in [5.74, 6) is 6.37. The molecule has 0 aromatic rings. The summed E-state index contributed by atoms with van der Waals surface area (Å²) >= 11 is 0. The molecule has 5 atom stereocenters. The van der Waals surface area contributed by atoms with Crippen molar-refractivity contribution in [3.8, 4) is 0 Å². The molecule has 182 valence electrons. The minimum atomic E-state index is 0.677. The molecular weight excluding hydrogens is 372 g/mol. The Labute approximate surface area is 197 Å². The SMILES string of the molecule is CC(C)C12CCC(C(C)C)(CC1)C(C)C2.CC(C)C12CCC(C(C)C)(CC1C)C(C)C2. The molecule has 6 aliphatic rings. The molecule has 0 heteroatoms. The topological polar surface area (TPSA) is 0 Å². The molecule has 6 rings (SSSR count). The molecule has 0 N–H and O–H groups in total. The lowest BCUT2D eigenvalue weighted by Crippen LogP contribution is -2.55. The van der Waals surface area contributed by atoms with Gasteiger partial charge in [-0.25, -0.2) is 0 Å². The monoisotopic (exact) mass is 430 g/mol. The van der Waals surface area contributed by atoms with E-state index in [2.05, 4.69) is 76.2 Å². The van der Waals surface area contributed by atoms with Crippen LogP contribution < -0.4 is 0 Å². The highest BCUT2D eigenvalue weighted by atomic mass is 14.6. The number of fused-ring (bicyclic) bond motifs is 6. The Balaban J connectivity index is 0.000000176. The molecule has 31 heavy (non-hydrogen) atoms. The molecule has 6 aliphatic carbocycles. The van der Waals surface area contributed by atoms with E-state index in [0.717, 1.165) is 46.8 Å². The van der Waals surface area contributed by atoms with Crippen molar-refractivity contribution < 1.29 is 0 Å². The third-order valence-corrected chi connectivity index (χ3v) is 12.9. The Hall–Kier alpha value is 0. The van der Waals surface area contributed by atoms with Gasteiger partial charge in [0.15, 0.2) is 0 Å². The highest BCUT2D eigenvalue weighted by Gasteiger charge is 2.58.